The van der Waals surface area contributed by atoms with Crippen molar-refractivity contribution in [3.05, 3.63) is 0 Å². The highest BCUT2D eigenvalue weighted by Gasteiger charge is 2.22. The monoisotopic (exact) mass is 277 g/mol. The average Bonchev–Trinajstić information content (AvgIpc) is 2.42. The average molecular weight is 277 g/mol. The number of hydrogen-bond acceptors (Lipinski definition) is 3. The van der Waals surface area contributed by atoms with Gasteiger partial charge in [0.25, 0.3) is 0 Å². The molecule has 0 aromatic rings. The van der Waals surface area contributed by atoms with Crippen molar-refractivity contribution in [2.45, 2.75) is 71.3 Å². The zero-order valence-corrected chi connectivity index (χ0v) is 12.4. The van der Waals surface area contributed by atoms with Crippen LogP contribution in [-0.2, 0) is 14.5 Å². The summed E-state index contributed by atoms with van der Waals surface area (Å²) in [7, 11) is -3.83. The number of rotatable bonds is 6. The Bertz CT molecular complexity index is 319. The van der Waals surface area contributed by atoms with Crippen LogP contribution in [0.4, 0.5) is 0 Å². The lowest BCUT2D eigenvalue weighted by Crippen LogP contribution is -2.27. The summed E-state index contributed by atoms with van der Waals surface area (Å²) < 4.78 is 27.2. The first kappa shape index (κ1) is 15.9. The van der Waals surface area contributed by atoms with Crippen molar-refractivity contribution in [1.29, 1.82) is 0 Å². The molecule has 1 aliphatic rings. The summed E-state index contributed by atoms with van der Waals surface area (Å²) in [5, 5.41) is 5.00. The van der Waals surface area contributed by atoms with E-state index < -0.39 is 10.3 Å². The van der Waals surface area contributed by atoms with Gasteiger partial charge in [-0.05, 0) is 24.7 Å². The van der Waals surface area contributed by atoms with E-state index in [4.69, 9.17) is 9.32 Å². The highest BCUT2D eigenvalue weighted by molar-refractivity contribution is 7.84. The maximum atomic E-state index is 11.1. The van der Waals surface area contributed by atoms with Gasteiger partial charge in [-0.3, -0.25) is 4.18 Å². The first-order valence-electron chi connectivity index (χ1n) is 7.08. The molecule has 0 radical (unpaired) electrons. The molecule has 108 valence electrons. The Labute approximate surface area is 112 Å². The third-order valence-corrected chi connectivity index (χ3v) is 4.12. The lowest BCUT2D eigenvalue weighted by atomic mass is 9.91. The van der Waals surface area contributed by atoms with Crippen LogP contribution in [0, 0.1) is 11.8 Å². The molecule has 0 saturated heterocycles. The SMILES string of the molecule is CC(C)CC(CC1CCCCCC1)OS(N)(=O)=O. The van der Waals surface area contributed by atoms with Crippen LogP contribution < -0.4 is 5.14 Å². The van der Waals surface area contributed by atoms with Crippen molar-refractivity contribution < 1.29 is 12.6 Å². The van der Waals surface area contributed by atoms with Gasteiger partial charge in [0.2, 0.25) is 0 Å². The summed E-state index contributed by atoms with van der Waals surface area (Å²) >= 11 is 0. The molecule has 1 rings (SSSR count). The van der Waals surface area contributed by atoms with Crippen molar-refractivity contribution in [2.75, 3.05) is 0 Å². The minimum Gasteiger partial charge on any atom is -0.255 e. The molecule has 5 heteroatoms. The van der Waals surface area contributed by atoms with Gasteiger partial charge < -0.3 is 0 Å². The van der Waals surface area contributed by atoms with E-state index in [2.05, 4.69) is 13.8 Å². The Morgan fingerprint density at radius 3 is 2.17 bits per heavy atom. The first-order chi connectivity index (χ1) is 8.37. The summed E-state index contributed by atoms with van der Waals surface area (Å²) in [4.78, 5) is 0. The van der Waals surface area contributed by atoms with Crippen LogP contribution in [-0.4, -0.2) is 14.5 Å². The maximum Gasteiger partial charge on any atom is 0.333 e. The van der Waals surface area contributed by atoms with Crippen molar-refractivity contribution in [1.82, 2.24) is 0 Å². The van der Waals surface area contributed by atoms with E-state index in [0.29, 0.717) is 11.8 Å². The largest absolute Gasteiger partial charge is 0.333 e. The summed E-state index contributed by atoms with van der Waals surface area (Å²) in [6.07, 6.45) is 8.86. The Balaban J connectivity index is 2.53. The highest BCUT2D eigenvalue weighted by Crippen LogP contribution is 2.29. The molecule has 4 nitrogen and oxygen atoms in total. The van der Waals surface area contributed by atoms with Crippen LogP contribution in [0.2, 0.25) is 0 Å². The molecule has 1 atom stereocenters. The number of nitrogens with two attached hydrogens (primary N) is 1. The predicted octanol–water partition coefficient (Wildman–Crippen LogP) is 2.98. The first-order valence-corrected chi connectivity index (χ1v) is 8.55. The molecule has 1 unspecified atom stereocenters. The van der Waals surface area contributed by atoms with Gasteiger partial charge in [0.05, 0.1) is 6.10 Å². The van der Waals surface area contributed by atoms with Crippen LogP contribution >= 0.6 is 0 Å². The molecule has 1 aliphatic carbocycles. The van der Waals surface area contributed by atoms with Crippen LogP contribution in [0.5, 0.6) is 0 Å². The Morgan fingerprint density at radius 2 is 1.72 bits per heavy atom. The van der Waals surface area contributed by atoms with E-state index in [1.54, 1.807) is 0 Å². The zero-order valence-electron chi connectivity index (χ0n) is 11.6. The second kappa shape index (κ2) is 7.46. The van der Waals surface area contributed by atoms with Crippen molar-refractivity contribution in [3.8, 4) is 0 Å². The third-order valence-electron chi connectivity index (χ3n) is 3.58. The van der Waals surface area contributed by atoms with E-state index in [0.717, 1.165) is 12.8 Å². The smallest absolute Gasteiger partial charge is 0.255 e. The molecule has 2 N–H and O–H groups in total. The molecule has 0 aromatic heterocycles. The highest BCUT2D eigenvalue weighted by atomic mass is 32.2. The summed E-state index contributed by atoms with van der Waals surface area (Å²) in [6, 6.07) is 0. The van der Waals surface area contributed by atoms with Crippen LogP contribution in [0.15, 0.2) is 0 Å². The normalized spacial score (nSPS) is 20.9. The lowest BCUT2D eigenvalue weighted by Gasteiger charge is -2.23. The van der Waals surface area contributed by atoms with Gasteiger partial charge in [-0.25, -0.2) is 5.14 Å². The van der Waals surface area contributed by atoms with Gasteiger partial charge in [0, 0.05) is 0 Å². The molecule has 18 heavy (non-hydrogen) atoms. The van der Waals surface area contributed by atoms with E-state index >= 15 is 0 Å². The molecule has 0 heterocycles. The quantitative estimate of drug-likeness (QED) is 0.759. The molecular formula is C13H27NO3S. The topological polar surface area (TPSA) is 69.4 Å². The Morgan fingerprint density at radius 1 is 1.17 bits per heavy atom. The second-order valence-electron chi connectivity index (χ2n) is 5.93. The zero-order chi connectivity index (χ0) is 13.6. The fraction of sp³-hybridized carbons (Fsp3) is 1.00. The van der Waals surface area contributed by atoms with Crippen LogP contribution in [0.25, 0.3) is 0 Å². The summed E-state index contributed by atoms with van der Waals surface area (Å²) in [5.74, 6) is 1.01. The van der Waals surface area contributed by atoms with Crippen molar-refractivity contribution in [2.24, 2.45) is 17.0 Å². The van der Waals surface area contributed by atoms with Gasteiger partial charge in [-0.2, -0.15) is 8.42 Å². The van der Waals surface area contributed by atoms with E-state index in [1.165, 1.54) is 38.5 Å². The molecule has 0 bridgehead atoms. The maximum absolute atomic E-state index is 11.1. The molecule has 0 aliphatic heterocycles. The Kier molecular flexibility index (Phi) is 6.60. The lowest BCUT2D eigenvalue weighted by molar-refractivity contribution is 0.146. The standard InChI is InChI=1S/C13H27NO3S/c1-11(2)9-13(17-18(14,15)16)10-12-7-5-3-4-6-8-12/h11-13H,3-10H2,1-2H3,(H2,14,15,16). The van der Waals surface area contributed by atoms with Gasteiger partial charge in [0.1, 0.15) is 0 Å². The van der Waals surface area contributed by atoms with Crippen molar-refractivity contribution in [3.63, 3.8) is 0 Å². The summed E-state index contributed by atoms with van der Waals surface area (Å²) in [5.41, 5.74) is 0. The Hall–Kier alpha value is -0.130. The van der Waals surface area contributed by atoms with E-state index in [9.17, 15) is 8.42 Å². The predicted molar refractivity (Wildman–Crippen MR) is 73.2 cm³/mol. The fourth-order valence-corrected chi connectivity index (χ4v) is 3.40. The minimum absolute atomic E-state index is 0.247. The third kappa shape index (κ3) is 7.34. The van der Waals surface area contributed by atoms with E-state index in [-0.39, 0.29) is 6.10 Å². The van der Waals surface area contributed by atoms with Gasteiger partial charge in [-0.1, -0.05) is 52.4 Å². The van der Waals surface area contributed by atoms with Gasteiger partial charge in [-0.15, -0.1) is 0 Å². The van der Waals surface area contributed by atoms with Gasteiger partial charge in [0.15, 0.2) is 0 Å². The van der Waals surface area contributed by atoms with E-state index in [1.807, 2.05) is 0 Å². The van der Waals surface area contributed by atoms with Crippen molar-refractivity contribution >= 4 is 10.3 Å². The minimum atomic E-state index is -3.83. The number of hydrogen-bond donors (Lipinski definition) is 1. The molecule has 0 amide bonds. The van der Waals surface area contributed by atoms with Crippen LogP contribution in [0.3, 0.4) is 0 Å². The second-order valence-corrected chi connectivity index (χ2v) is 7.11. The molecule has 0 spiro atoms. The van der Waals surface area contributed by atoms with Crippen LogP contribution in [0.1, 0.15) is 65.2 Å². The molecule has 1 fully saturated rings. The fourth-order valence-electron chi connectivity index (χ4n) is 2.86. The molecule has 1 saturated carbocycles. The van der Waals surface area contributed by atoms with Gasteiger partial charge >= 0.3 is 10.3 Å². The molecular weight excluding hydrogens is 250 g/mol. The summed E-state index contributed by atoms with van der Waals surface area (Å²) in [6.45, 7) is 4.15. The molecule has 0 aromatic carbocycles.